The molecule has 1 aliphatic carbocycles. The van der Waals surface area contributed by atoms with Gasteiger partial charge in [-0.05, 0) is 31.4 Å². The third-order valence-corrected chi connectivity index (χ3v) is 4.42. The van der Waals surface area contributed by atoms with Gasteiger partial charge in [0.1, 0.15) is 10.0 Å². The standard InChI is InChI=1S/C14H13Cl3N2.6ClH.Sb/c1-2-12-9-4-3-5-13(9)19(18-12)14-10(16)6-8(15)7-11(14)17;;;;;;;/h6-7H,2-5H2,1H3;6*1H;/q;;;;;;;+5/p-5. The molecule has 0 saturated carbocycles. The van der Waals surface area contributed by atoms with Crippen molar-refractivity contribution in [2.24, 2.45) is 0 Å². The maximum atomic E-state index is 6.31. The molecule has 0 amide bonds. The molecule has 3 rings (SSSR count). The normalized spacial score (nSPS) is 16.4. The number of benzene rings is 1. The van der Waals surface area contributed by atoms with E-state index in [1.807, 2.05) is 4.68 Å². The Hall–Kier alpha value is 1.86. The second-order valence-electron chi connectivity index (χ2n) is 5.73. The van der Waals surface area contributed by atoms with Gasteiger partial charge in [0.05, 0.1) is 5.69 Å². The van der Waals surface area contributed by atoms with Gasteiger partial charge in [-0.2, -0.15) is 5.10 Å². The van der Waals surface area contributed by atoms with Crippen LogP contribution < -0.4 is 4.68 Å². The van der Waals surface area contributed by atoms with Gasteiger partial charge >= 0.3 is 62.1 Å². The SMILES string of the molecule is CCc1[nH][n+](-c2c(Cl)cc(Cl)cc2Cl)c2c1CCC2.[Cl][Sb-]([Cl])([Cl])([Cl])([Cl])[Cl]. The summed E-state index contributed by atoms with van der Waals surface area (Å²) < 4.78 is 2.03. The van der Waals surface area contributed by atoms with Gasteiger partial charge in [-0.15, -0.1) is 0 Å². The molecule has 148 valence electrons. The summed E-state index contributed by atoms with van der Waals surface area (Å²) in [6, 6.07) is 3.45. The summed E-state index contributed by atoms with van der Waals surface area (Å²) in [5.41, 5.74) is 4.78. The molecule has 1 heterocycles. The summed E-state index contributed by atoms with van der Waals surface area (Å²) in [6.45, 7) is 2.15. The van der Waals surface area contributed by atoms with Crippen molar-refractivity contribution in [2.75, 3.05) is 0 Å². The van der Waals surface area contributed by atoms with Crippen LogP contribution in [0.15, 0.2) is 12.1 Å². The van der Waals surface area contributed by atoms with E-state index in [9.17, 15) is 0 Å². The minimum absolute atomic E-state index is 0.554. The molecular formula is C14H14Cl9N2Sb. The molecule has 1 aliphatic rings. The van der Waals surface area contributed by atoms with E-state index in [1.165, 1.54) is 23.4 Å². The fourth-order valence-corrected chi connectivity index (χ4v) is 3.79. The van der Waals surface area contributed by atoms with Crippen LogP contribution >= 0.6 is 87.8 Å². The third kappa shape index (κ3) is 7.60. The Morgan fingerprint density at radius 3 is 1.92 bits per heavy atom. The van der Waals surface area contributed by atoms with E-state index in [0.29, 0.717) is 15.1 Å². The van der Waals surface area contributed by atoms with Crippen molar-refractivity contribution in [1.29, 1.82) is 0 Å². The molecule has 0 fully saturated rings. The maximum absolute atomic E-state index is 6.31. The molecule has 0 bridgehead atoms. The zero-order valence-electron chi connectivity index (χ0n) is 13.3. The molecule has 12 heteroatoms. The molecule has 2 nitrogen and oxygen atoms in total. The third-order valence-electron chi connectivity index (χ3n) is 3.63. The predicted molar refractivity (Wildman–Crippen MR) is 120 cm³/mol. The van der Waals surface area contributed by atoms with Gasteiger partial charge in [0.2, 0.25) is 5.69 Å². The van der Waals surface area contributed by atoms with Crippen LogP contribution in [-0.4, -0.2) is 14.2 Å². The van der Waals surface area contributed by atoms with E-state index < -0.39 is 9.14 Å². The van der Waals surface area contributed by atoms with Crippen LogP contribution in [0.25, 0.3) is 5.69 Å². The quantitative estimate of drug-likeness (QED) is 0.251. The number of nitrogens with one attached hydrogen (secondary N) is 1. The van der Waals surface area contributed by atoms with Gasteiger partial charge in [-0.3, -0.25) is 0 Å². The molecule has 26 heavy (non-hydrogen) atoms. The summed E-state index contributed by atoms with van der Waals surface area (Å²) in [4.78, 5) is 0. The Morgan fingerprint density at radius 1 is 0.962 bits per heavy atom. The Kier molecular flexibility index (Phi) is 7.28. The first kappa shape index (κ1) is 24.1. The molecule has 0 saturated heterocycles. The summed E-state index contributed by atoms with van der Waals surface area (Å²) in [6.07, 6.45) is 4.36. The first-order chi connectivity index (χ1) is 11.6. The Bertz CT molecular complexity index is 806. The number of halogens is 9. The van der Waals surface area contributed by atoms with Gasteiger partial charge < -0.3 is 0 Å². The van der Waals surface area contributed by atoms with Crippen LogP contribution in [0.3, 0.4) is 0 Å². The average molecular weight is 651 g/mol. The van der Waals surface area contributed by atoms with Crippen LogP contribution in [0.4, 0.5) is 0 Å². The van der Waals surface area contributed by atoms with E-state index in [1.54, 1.807) is 12.1 Å². The number of H-pyrrole nitrogens is 1. The molecular weight excluding hydrogens is 637 g/mol. The van der Waals surface area contributed by atoms with Crippen molar-refractivity contribution in [1.82, 2.24) is 5.10 Å². The van der Waals surface area contributed by atoms with Gasteiger partial charge in [0.15, 0.2) is 0 Å². The van der Waals surface area contributed by atoms with Gasteiger partial charge in [-0.1, -0.05) is 46.4 Å². The predicted octanol–water partition coefficient (Wildman–Crippen LogP) is 8.06. The Balaban J connectivity index is 0.000000298. The molecule has 1 aromatic carbocycles. The molecule has 0 atom stereocenters. The van der Waals surface area contributed by atoms with E-state index in [4.69, 9.17) is 87.8 Å². The van der Waals surface area contributed by atoms with E-state index in [2.05, 4.69) is 12.0 Å². The summed E-state index contributed by atoms with van der Waals surface area (Å²) in [5, 5.41) is 5.12. The number of aryl methyl sites for hydroxylation is 1. The molecule has 1 N–H and O–H groups in total. The van der Waals surface area contributed by atoms with Gasteiger partial charge in [0.25, 0.3) is 5.69 Å². The number of hydrogen-bond acceptors (Lipinski definition) is 0. The second kappa shape index (κ2) is 7.84. The molecule has 1 aromatic heterocycles. The van der Waals surface area contributed by atoms with Gasteiger partial charge in [0, 0.05) is 17.0 Å². The first-order valence-electron chi connectivity index (χ1n) is 7.42. The summed E-state index contributed by atoms with van der Waals surface area (Å²) >= 11 is 18.6. The van der Waals surface area contributed by atoms with Crippen LogP contribution in [0.5, 0.6) is 0 Å². The molecule has 2 aromatic rings. The minimum atomic E-state index is -5.42. The molecule has 0 radical (unpaired) electrons. The number of rotatable bonds is 2. The van der Waals surface area contributed by atoms with Crippen molar-refractivity contribution >= 4 is 96.9 Å². The van der Waals surface area contributed by atoms with Crippen molar-refractivity contribution in [2.45, 2.75) is 32.6 Å². The molecule has 0 unspecified atom stereocenters. The average Bonchev–Trinajstić information content (AvgIpc) is 2.97. The van der Waals surface area contributed by atoms with Crippen molar-refractivity contribution in [3.8, 4) is 5.69 Å². The zero-order chi connectivity index (χ0) is 20.0. The monoisotopic (exact) mass is 646 g/mol. The van der Waals surface area contributed by atoms with E-state index in [-0.39, 0.29) is 0 Å². The number of hydrogen-bond donors (Lipinski definition) is 1. The van der Waals surface area contributed by atoms with Crippen LogP contribution in [0.1, 0.15) is 30.3 Å². The second-order valence-corrected chi connectivity index (χ2v) is 63.9. The van der Waals surface area contributed by atoms with Crippen molar-refractivity contribution in [3.63, 3.8) is 0 Å². The fraction of sp³-hybridized carbons (Fsp3) is 0.357. The topological polar surface area (TPSA) is 19.7 Å². The number of fused-ring (bicyclic) bond motifs is 1. The molecule has 0 aliphatic heterocycles. The number of aromatic nitrogens is 2. The summed E-state index contributed by atoms with van der Waals surface area (Å²) in [7, 11) is 25.0. The number of nitrogens with zero attached hydrogens (tertiary/aromatic N) is 1. The Morgan fingerprint density at radius 2 is 1.46 bits per heavy atom. The van der Waals surface area contributed by atoms with Crippen LogP contribution in [-0.2, 0) is 19.3 Å². The van der Waals surface area contributed by atoms with Crippen LogP contribution in [0, 0.1) is 0 Å². The summed E-state index contributed by atoms with van der Waals surface area (Å²) in [5.74, 6) is 0. The fourth-order valence-electron chi connectivity index (χ4n) is 2.80. The van der Waals surface area contributed by atoms with E-state index >= 15 is 0 Å². The Labute approximate surface area is 187 Å². The van der Waals surface area contributed by atoms with Gasteiger partial charge in [-0.25, -0.2) is 0 Å². The van der Waals surface area contributed by atoms with Crippen molar-refractivity contribution in [3.05, 3.63) is 44.2 Å². The van der Waals surface area contributed by atoms with E-state index in [0.717, 1.165) is 24.9 Å². The zero-order valence-corrected chi connectivity index (χ0v) is 22.6. The number of aromatic amines is 1. The molecule has 0 spiro atoms. The van der Waals surface area contributed by atoms with Crippen molar-refractivity contribution < 1.29 is 4.68 Å². The first-order valence-corrected chi connectivity index (χ1v) is 28.0. The van der Waals surface area contributed by atoms with Crippen LogP contribution in [0.2, 0.25) is 15.1 Å².